The van der Waals surface area contributed by atoms with Gasteiger partial charge in [-0.05, 0) is 37.3 Å². The van der Waals surface area contributed by atoms with Crippen LogP contribution in [-0.2, 0) is 0 Å². The second-order valence-electron chi connectivity index (χ2n) is 5.17. The zero-order valence-corrected chi connectivity index (χ0v) is 11.9. The van der Waals surface area contributed by atoms with E-state index in [9.17, 15) is 9.90 Å². The Morgan fingerprint density at radius 3 is 3.00 bits per heavy atom. The molecule has 1 amide bonds. The predicted molar refractivity (Wildman–Crippen MR) is 76.5 cm³/mol. The van der Waals surface area contributed by atoms with Crippen LogP contribution in [0, 0.1) is 5.92 Å². The third kappa shape index (κ3) is 3.66. The molecule has 1 fully saturated rings. The summed E-state index contributed by atoms with van der Waals surface area (Å²) in [5.74, 6) is 0.777. The summed E-state index contributed by atoms with van der Waals surface area (Å²) in [7, 11) is 0. The molecule has 0 aromatic carbocycles. The van der Waals surface area contributed by atoms with Gasteiger partial charge in [0.25, 0.3) is 5.91 Å². The molecule has 0 aliphatic carbocycles. The van der Waals surface area contributed by atoms with E-state index in [-0.39, 0.29) is 18.4 Å². The van der Waals surface area contributed by atoms with E-state index in [0.717, 1.165) is 32.4 Å². The largest absolute Gasteiger partial charge is 0.396 e. The molecule has 1 aliphatic heterocycles. The van der Waals surface area contributed by atoms with Crippen molar-refractivity contribution in [1.82, 2.24) is 15.1 Å². The molecule has 2 heterocycles. The summed E-state index contributed by atoms with van der Waals surface area (Å²) in [5, 5.41) is 20.3. The molecule has 0 bridgehead atoms. The lowest BCUT2D eigenvalue weighted by Crippen LogP contribution is -2.41. The van der Waals surface area contributed by atoms with Gasteiger partial charge >= 0.3 is 0 Å². The van der Waals surface area contributed by atoms with Gasteiger partial charge in [-0.3, -0.25) is 4.79 Å². The smallest absolute Gasteiger partial charge is 0.274 e. The van der Waals surface area contributed by atoms with Crippen molar-refractivity contribution in [2.75, 3.05) is 31.6 Å². The normalized spacial score (nSPS) is 18.9. The van der Waals surface area contributed by atoms with Crippen LogP contribution in [0.1, 0.15) is 36.7 Å². The fraction of sp³-hybridized carbons (Fsp3) is 0.643. The molecule has 2 rings (SSSR count). The molecule has 20 heavy (non-hydrogen) atoms. The van der Waals surface area contributed by atoms with Gasteiger partial charge in [-0.25, -0.2) is 0 Å². The van der Waals surface area contributed by atoms with E-state index >= 15 is 0 Å². The highest BCUT2D eigenvalue weighted by atomic mass is 16.3. The van der Waals surface area contributed by atoms with Gasteiger partial charge in [0.15, 0.2) is 5.69 Å². The number of aliphatic hydroxyl groups is 1. The van der Waals surface area contributed by atoms with E-state index < -0.39 is 0 Å². The number of hydrogen-bond donors (Lipinski definition) is 2. The molecule has 0 saturated carbocycles. The average Bonchev–Trinajstić information content (AvgIpc) is 2.52. The van der Waals surface area contributed by atoms with Crippen LogP contribution < -0.4 is 5.32 Å². The molecule has 1 aromatic heterocycles. The van der Waals surface area contributed by atoms with E-state index in [1.165, 1.54) is 0 Å². The van der Waals surface area contributed by atoms with Crippen LogP contribution in [0.2, 0.25) is 0 Å². The number of likely N-dealkylation sites (tertiary alicyclic amines) is 1. The predicted octanol–water partition coefficient (Wildman–Crippen LogP) is 1.14. The Morgan fingerprint density at radius 1 is 1.50 bits per heavy atom. The number of nitrogens with zero attached hydrogens (tertiary/aromatic N) is 3. The second-order valence-corrected chi connectivity index (χ2v) is 5.17. The van der Waals surface area contributed by atoms with E-state index in [4.69, 9.17) is 0 Å². The van der Waals surface area contributed by atoms with Gasteiger partial charge in [0.05, 0.1) is 0 Å². The number of hydrogen-bond acceptors (Lipinski definition) is 5. The minimum Gasteiger partial charge on any atom is -0.396 e. The number of rotatable bonds is 5. The fourth-order valence-corrected chi connectivity index (χ4v) is 2.35. The zero-order valence-electron chi connectivity index (χ0n) is 11.9. The van der Waals surface area contributed by atoms with Crippen LogP contribution >= 0.6 is 0 Å². The molecule has 0 radical (unpaired) electrons. The molecule has 1 unspecified atom stereocenters. The molecule has 0 spiro atoms. The van der Waals surface area contributed by atoms with E-state index in [1.54, 1.807) is 17.0 Å². The molecule has 1 atom stereocenters. The summed E-state index contributed by atoms with van der Waals surface area (Å²) in [6.45, 7) is 4.38. The maximum Gasteiger partial charge on any atom is 0.274 e. The van der Waals surface area contributed by atoms with Crippen LogP contribution in [0.5, 0.6) is 0 Å². The Hall–Kier alpha value is -1.69. The topological polar surface area (TPSA) is 78.4 Å². The fourth-order valence-electron chi connectivity index (χ4n) is 2.35. The van der Waals surface area contributed by atoms with Crippen molar-refractivity contribution in [3.8, 4) is 0 Å². The monoisotopic (exact) mass is 278 g/mol. The molecule has 6 nitrogen and oxygen atoms in total. The lowest BCUT2D eigenvalue weighted by Gasteiger charge is -2.31. The van der Waals surface area contributed by atoms with Crippen molar-refractivity contribution in [3.05, 3.63) is 17.8 Å². The molecular formula is C14H22N4O2. The first-order valence-corrected chi connectivity index (χ1v) is 7.22. The average molecular weight is 278 g/mol. The Kier molecular flexibility index (Phi) is 5.29. The number of anilines is 1. The molecule has 1 aromatic rings. The van der Waals surface area contributed by atoms with Crippen molar-refractivity contribution >= 4 is 11.7 Å². The number of piperidine rings is 1. The summed E-state index contributed by atoms with van der Waals surface area (Å²) in [4.78, 5) is 14.1. The van der Waals surface area contributed by atoms with E-state index in [2.05, 4.69) is 22.4 Å². The number of amides is 1. The van der Waals surface area contributed by atoms with Crippen LogP contribution in [-0.4, -0.2) is 52.4 Å². The lowest BCUT2D eigenvalue weighted by molar-refractivity contribution is 0.0614. The number of aromatic nitrogens is 2. The van der Waals surface area contributed by atoms with Gasteiger partial charge < -0.3 is 15.3 Å². The third-order valence-electron chi connectivity index (χ3n) is 3.50. The highest BCUT2D eigenvalue weighted by Crippen LogP contribution is 2.17. The highest BCUT2D eigenvalue weighted by Gasteiger charge is 2.24. The first kappa shape index (κ1) is 14.7. The minimum absolute atomic E-state index is 0.0994. The maximum atomic E-state index is 12.3. The van der Waals surface area contributed by atoms with Crippen molar-refractivity contribution in [3.63, 3.8) is 0 Å². The van der Waals surface area contributed by atoms with Gasteiger partial charge in [0.1, 0.15) is 5.82 Å². The number of carbonyl (C=O) groups is 1. The summed E-state index contributed by atoms with van der Waals surface area (Å²) >= 11 is 0. The first-order chi connectivity index (χ1) is 9.74. The number of aliphatic hydroxyl groups excluding tert-OH is 1. The first-order valence-electron chi connectivity index (χ1n) is 7.22. The third-order valence-corrected chi connectivity index (χ3v) is 3.50. The Bertz CT molecular complexity index is 435. The summed E-state index contributed by atoms with van der Waals surface area (Å²) in [5.41, 5.74) is 0.366. The molecule has 6 heteroatoms. The summed E-state index contributed by atoms with van der Waals surface area (Å²) in [6.07, 6.45) is 2.92. The molecule has 1 aliphatic rings. The summed E-state index contributed by atoms with van der Waals surface area (Å²) in [6, 6.07) is 3.49. The lowest BCUT2D eigenvalue weighted by atomic mass is 9.99. The van der Waals surface area contributed by atoms with Gasteiger partial charge in [-0.15, -0.1) is 10.2 Å². The van der Waals surface area contributed by atoms with E-state index in [1.807, 2.05) is 0 Å². The van der Waals surface area contributed by atoms with Gasteiger partial charge in [0, 0.05) is 26.2 Å². The molecule has 110 valence electrons. The van der Waals surface area contributed by atoms with Crippen molar-refractivity contribution in [1.29, 1.82) is 0 Å². The second kappa shape index (κ2) is 7.19. The molecule has 2 N–H and O–H groups in total. The molecular weight excluding hydrogens is 256 g/mol. The number of carbonyl (C=O) groups excluding carboxylic acids is 1. The van der Waals surface area contributed by atoms with Crippen LogP contribution in [0.4, 0.5) is 5.82 Å². The van der Waals surface area contributed by atoms with Gasteiger partial charge in [0.2, 0.25) is 0 Å². The Labute approximate surface area is 119 Å². The molecule has 1 saturated heterocycles. The maximum absolute atomic E-state index is 12.3. The minimum atomic E-state index is -0.0994. The van der Waals surface area contributed by atoms with Gasteiger partial charge in [-0.1, -0.05) is 6.92 Å². The number of nitrogens with one attached hydrogen (secondary N) is 1. The van der Waals surface area contributed by atoms with Gasteiger partial charge in [-0.2, -0.15) is 0 Å². The van der Waals surface area contributed by atoms with E-state index in [0.29, 0.717) is 18.1 Å². The van der Waals surface area contributed by atoms with Crippen LogP contribution in [0.15, 0.2) is 12.1 Å². The Morgan fingerprint density at radius 2 is 2.35 bits per heavy atom. The SMILES string of the molecule is CCCNc1ccc(C(=O)N2CCCC(CO)C2)nn1. The quantitative estimate of drug-likeness (QED) is 0.844. The van der Waals surface area contributed by atoms with Crippen LogP contribution in [0.3, 0.4) is 0 Å². The van der Waals surface area contributed by atoms with Crippen LogP contribution in [0.25, 0.3) is 0 Å². The highest BCUT2D eigenvalue weighted by molar-refractivity contribution is 5.92. The van der Waals surface area contributed by atoms with Crippen molar-refractivity contribution in [2.24, 2.45) is 5.92 Å². The standard InChI is InChI=1S/C14H22N4O2/c1-2-7-15-13-6-5-12(16-17-13)14(20)18-8-3-4-11(9-18)10-19/h5-6,11,19H,2-4,7-10H2,1H3,(H,15,17). The van der Waals surface area contributed by atoms with Crippen molar-refractivity contribution in [2.45, 2.75) is 26.2 Å². The zero-order chi connectivity index (χ0) is 14.4. The summed E-state index contributed by atoms with van der Waals surface area (Å²) < 4.78 is 0. The van der Waals surface area contributed by atoms with Crippen molar-refractivity contribution < 1.29 is 9.90 Å². The Balaban J connectivity index is 1.98.